The molecule has 1 aromatic heterocycles. The molecule has 12 nitrogen and oxygen atoms in total. The van der Waals surface area contributed by atoms with Crippen molar-refractivity contribution >= 4 is 35.0 Å². The number of aryl methyl sites for hydroxylation is 3. The Bertz CT molecular complexity index is 1650. The first-order valence-corrected chi connectivity index (χ1v) is 13.8. The van der Waals surface area contributed by atoms with Gasteiger partial charge in [-0.1, -0.05) is 30.0 Å². The van der Waals surface area contributed by atoms with E-state index < -0.39 is 10.8 Å². The van der Waals surface area contributed by atoms with Crippen LogP contribution in [0.3, 0.4) is 0 Å². The second-order valence-corrected chi connectivity index (χ2v) is 10.3. The SMILES string of the molecule is COc1ccc(OC)c(-n2c(CNC(=O)c3ccc(C)c([N+](=O)[O-])c3)nnc2SCC(=O)Nc2cc(C)ccc2C)c1. The molecule has 0 radical (unpaired) electrons. The predicted octanol–water partition coefficient (Wildman–Crippen LogP) is 4.78. The van der Waals surface area contributed by atoms with Crippen LogP contribution in [0.25, 0.3) is 5.69 Å². The number of hydrogen-bond acceptors (Lipinski definition) is 9. The number of nitrogens with one attached hydrogen (secondary N) is 2. The van der Waals surface area contributed by atoms with Gasteiger partial charge < -0.3 is 20.1 Å². The van der Waals surface area contributed by atoms with Gasteiger partial charge in [-0.15, -0.1) is 10.2 Å². The molecule has 0 bridgehead atoms. The molecule has 3 aromatic carbocycles. The molecule has 0 aliphatic rings. The first-order chi connectivity index (χ1) is 20.1. The van der Waals surface area contributed by atoms with E-state index in [1.54, 1.807) is 29.7 Å². The summed E-state index contributed by atoms with van der Waals surface area (Å²) >= 11 is 1.16. The molecule has 4 rings (SSSR count). The maximum Gasteiger partial charge on any atom is 0.273 e. The molecule has 4 aromatic rings. The van der Waals surface area contributed by atoms with Crippen molar-refractivity contribution in [1.29, 1.82) is 0 Å². The van der Waals surface area contributed by atoms with Crippen LogP contribution in [-0.2, 0) is 11.3 Å². The number of benzene rings is 3. The summed E-state index contributed by atoms with van der Waals surface area (Å²) in [6.45, 7) is 5.41. The summed E-state index contributed by atoms with van der Waals surface area (Å²) in [5.74, 6) is 0.666. The van der Waals surface area contributed by atoms with Crippen LogP contribution in [0, 0.1) is 30.9 Å². The number of carbonyl (C=O) groups excluding carboxylic acids is 2. The van der Waals surface area contributed by atoms with Crippen molar-refractivity contribution in [3.63, 3.8) is 0 Å². The van der Waals surface area contributed by atoms with Crippen molar-refractivity contribution in [2.75, 3.05) is 25.3 Å². The molecular formula is C29H30N6O6S. The zero-order chi connectivity index (χ0) is 30.4. The normalized spacial score (nSPS) is 10.7. The summed E-state index contributed by atoms with van der Waals surface area (Å²) in [4.78, 5) is 36.6. The number of thioether (sulfide) groups is 1. The maximum absolute atomic E-state index is 12.9. The Balaban J connectivity index is 1.61. The van der Waals surface area contributed by atoms with Gasteiger partial charge in [0.25, 0.3) is 11.6 Å². The summed E-state index contributed by atoms with van der Waals surface area (Å²) in [5, 5.41) is 26.0. The number of anilines is 1. The van der Waals surface area contributed by atoms with E-state index in [1.165, 1.54) is 32.4 Å². The second-order valence-electron chi connectivity index (χ2n) is 9.37. The Morgan fingerprint density at radius 2 is 1.74 bits per heavy atom. The van der Waals surface area contributed by atoms with Gasteiger partial charge in [-0.2, -0.15) is 0 Å². The van der Waals surface area contributed by atoms with Gasteiger partial charge in [-0.3, -0.25) is 24.3 Å². The number of aromatic nitrogens is 3. The molecule has 2 N–H and O–H groups in total. The summed E-state index contributed by atoms with van der Waals surface area (Å²) in [6, 6.07) is 15.3. The molecule has 13 heteroatoms. The van der Waals surface area contributed by atoms with Crippen molar-refractivity contribution in [3.05, 3.63) is 92.8 Å². The van der Waals surface area contributed by atoms with Gasteiger partial charge in [-0.05, 0) is 56.2 Å². The van der Waals surface area contributed by atoms with Crippen LogP contribution in [0.5, 0.6) is 11.5 Å². The van der Waals surface area contributed by atoms with Crippen molar-refractivity contribution in [3.8, 4) is 17.2 Å². The van der Waals surface area contributed by atoms with Crippen LogP contribution in [0.15, 0.2) is 59.8 Å². The van der Waals surface area contributed by atoms with E-state index in [2.05, 4.69) is 20.8 Å². The van der Waals surface area contributed by atoms with Gasteiger partial charge >= 0.3 is 0 Å². The molecule has 0 unspecified atom stereocenters. The number of rotatable bonds is 11. The number of hydrogen-bond donors (Lipinski definition) is 2. The van der Waals surface area contributed by atoms with Crippen molar-refractivity contribution < 1.29 is 24.0 Å². The molecule has 0 atom stereocenters. The van der Waals surface area contributed by atoms with E-state index in [0.29, 0.717) is 33.7 Å². The molecule has 42 heavy (non-hydrogen) atoms. The molecule has 218 valence electrons. The van der Waals surface area contributed by atoms with Crippen LogP contribution in [0.1, 0.15) is 32.9 Å². The van der Waals surface area contributed by atoms with E-state index in [-0.39, 0.29) is 29.5 Å². The van der Waals surface area contributed by atoms with Crippen molar-refractivity contribution in [2.45, 2.75) is 32.5 Å². The van der Waals surface area contributed by atoms with Crippen molar-refractivity contribution in [2.24, 2.45) is 0 Å². The van der Waals surface area contributed by atoms with Crippen LogP contribution in [-0.4, -0.2) is 51.5 Å². The lowest BCUT2D eigenvalue weighted by Gasteiger charge is -2.15. The van der Waals surface area contributed by atoms with Gasteiger partial charge in [-0.25, -0.2) is 0 Å². The fourth-order valence-electron chi connectivity index (χ4n) is 4.12. The van der Waals surface area contributed by atoms with Gasteiger partial charge in [0.1, 0.15) is 11.5 Å². The molecule has 0 aliphatic carbocycles. The molecule has 0 saturated carbocycles. The first kappa shape index (κ1) is 30.1. The summed E-state index contributed by atoms with van der Waals surface area (Å²) in [5.41, 5.74) is 3.68. The quantitative estimate of drug-likeness (QED) is 0.143. The highest BCUT2D eigenvalue weighted by Crippen LogP contribution is 2.32. The van der Waals surface area contributed by atoms with Crippen molar-refractivity contribution in [1.82, 2.24) is 20.1 Å². The van der Waals surface area contributed by atoms with Gasteiger partial charge in [0.15, 0.2) is 11.0 Å². The van der Waals surface area contributed by atoms with Crippen LogP contribution < -0.4 is 20.1 Å². The Labute approximate surface area is 246 Å². The highest BCUT2D eigenvalue weighted by Gasteiger charge is 2.21. The highest BCUT2D eigenvalue weighted by molar-refractivity contribution is 7.99. The van der Waals surface area contributed by atoms with Gasteiger partial charge in [0.05, 0.1) is 37.1 Å². The molecule has 0 spiro atoms. The molecule has 0 saturated heterocycles. The van der Waals surface area contributed by atoms with E-state index in [9.17, 15) is 19.7 Å². The topological polar surface area (TPSA) is 151 Å². The number of nitro groups is 1. The number of ether oxygens (including phenoxy) is 2. The minimum atomic E-state index is -0.530. The average Bonchev–Trinajstić information content (AvgIpc) is 3.38. The first-order valence-electron chi connectivity index (χ1n) is 12.8. The lowest BCUT2D eigenvalue weighted by atomic mass is 10.1. The third-order valence-electron chi connectivity index (χ3n) is 6.40. The third-order valence-corrected chi connectivity index (χ3v) is 7.33. The number of amides is 2. The van der Waals surface area contributed by atoms with Crippen LogP contribution in [0.2, 0.25) is 0 Å². The van der Waals surface area contributed by atoms with Gasteiger partial charge in [0.2, 0.25) is 5.91 Å². The van der Waals surface area contributed by atoms with Crippen LogP contribution in [0.4, 0.5) is 11.4 Å². The zero-order valence-corrected chi connectivity index (χ0v) is 24.6. The van der Waals surface area contributed by atoms with Gasteiger partial charge in [0, 0.05) is 28.9 Å². The molecule has 2 amide bonds. The number of nitro benzene ring substituents is 1. The third kappa shape index (κ3) is 6.86. The molecular weight excluding hydrogens is 560 g/mol. The Morgan fingerprint density at radius 1 is 0.976 bits per heavy atom. The number of nitrogens with zero attached hydrogens (tertiary/aromatic N) is 4. The number of carbonyl (C=O) groups is 2. The lowest BCUT2D eigenvalue weighted by Crippen LogP contribution is -2.25. The van der Waals surface area contributed by atoms with E-state index in [0.717, 1.165) is 28.6 Å². The monoisotopic (exact) mass is 590 g/mol. The molecule has 0 fully saturated rings. The lowest BCUT2D eigenvalue weighted by molar-refractivity contribution is -0.385. The molecule has 1 heterocycles. The second kappa shape index (κ2) is 13.2. The minimum absolute atomic E-state index is 0.0389. The summed E-state index contributed by atoms with van der Waals surface area (Å²) in [6.07, 6.45) is 0. The largest absolute Gasteiger partial charge is 0.497 e. The predicted molar refractivity (Wildman–Crippen MR) is 159 cm³/mol. The highest BCUT2D eigenvalue weighted by atomic mass is 32.2. The maximum atomic E-state index is 12.9. The molecule has 0 aliphatic heterocycles. The summed E-state index contributed by atoms with van der Waals surface area (Å²) < 4.78 is 12.7. The average molecular weight is 591 g/mol. The van der Waals surface area contributed by atoms with E-state index in [1.807, 2.05) is 32.0 Å². The standard InChI is InChI=1S/C29H30N6O6S/c1-17-6-7-18(2)22(12-17)31-27(36)16-42-29-33-32-26(34(29)24-14-21(40-4)10-11-25(24)41-5)15-30-28(37)20-9-8-19(3)23(13-20)35(38)39/h6-14H,15-16H2,1-5H3,(H,30,37)(H,31,36). The number of methoxy groups -OCH3 is 2. The Hall–Kier alpha value is -4.91. The van der Waals surface area contributed by atoms with Crippen LogP contribution >= 0.6 is 11.8 Å². The Morgan fingerprint density at radius 3 is 2.45 bits per heavy atom. The minimum Gasteiger partial charge on any atom is -0.497 e. The zero-order valence-electron chi connectivity index (χ0n) is 23.8. The smallest absolute Gasteiger partial charge is 0.273 e. The fourth-order valence-corrected chi connectivity index (χ4v) is 4.88. The fraction of sp³-hybridized carbons (Fsp3) is 0.241. The van der Waals surface area contributed by atoms with E-state index >= 15 is 0 Å². The summed E-state index contributed by atoms with van der Waals surface area (Å²) in [7, 11) is 3.05. The Kier molecular flexibility index (Phi) is 9.42. The van der Waals surface area contributed by atoms with E-state index in [4.69, 9.17) is 9.47 Å².